The first-order chi connectivity index (χ1) is 14.2. The van der Waals surface area contributed by atoms with Gasteiger partial charge in [0.05, 0.1) is 12.8 Å². The van der Waals surface area contributed by atoms with Crippen LogP contribution in [0.2, 0.25) is 0 Å². The maximum Gasteiger partial charge on any atom is 0.294 e. The van der Waals surface area contributed by atoms with Crippen molar-refractivity contribution in [2.75, 3.05) is 18.6 Å². The number of hydrogen-bond donors (Lipinski definition) is 1. The summed E-state index contributed by atoms with van der Waals surface area (Å²) in [4.78, 5) is 22.9. The number of fused-ring (bicyclic) bond motifs is 2. The lowest BCUT2D eigenvalue weighted by molar-refractivity contribution is 0.0979. The van der Waals surface area contributed by atoms with Crippen molar-refractivity contribution in [2.45, 2.75) is 31.6 Å². The lowest BCUT2D eigenvalue weighted by atomic mass is 9.92. The number of amides is 1. The van der Waals surface area contributed by atoms with Crippen molar-refractivity contribution in [2.24, 2.45) is 0 Å². The van der Waals surface area contributed by atoms with Crippen molar-refractivity contribution >= 4 is 11.6 Å². The molecule has 1 amide bonds. The summed E-state index contributed by atoms with van der Waals surface area (Å²) in [6.07, 6.45) is 4.06. The van der Waals surface area contributed by atoms with E-state index in [1.54, 1.807) is 18.1 Å². The van der Waals surface area contributed by atoms with E-state index in [9.17, 15) is 9.18 Å². The number of imidazole rings is 1. The van der Waals surface area contributed by atoms with Gasteiger partial charge in [0.1, 0.15) is 11.6 Å². The Bertz CT molecular complexity index is 1070. The van der Waals surface area contributed by atoms with Crippen LogP contribution in [-0.2, 0) is 12.8 Å². The molecule has 0 saturated heterocycles. The van der Waals surface area contributed by atoms with Crippen LogP contribution in [-0.4, -0.2) is 29.5 Å². The first kappa shape index (κ1) is 17.9. The van der Waals surface area contributed by atoms with Crippen LogP contribution in [0.5, 0.6) is 5.75 Å². The number of aryl methyl sites for hydroxylation is 2. The molecule has 0 radical (unpaired) electrons. The number of aromatic nitrogens is 2. The van der Waals surface area contributed by atoms with Crippen molar-refractivity contribution in [3.05, 3.63) is 76.6 Å². The van der Waals surface area contributed by atoms with E-state index in [4.69, 9.17) is 4.74 Å². The first-order valence-corrected chi connectivity index (χ1v) is 9.97. The van der Waals surface area contributed by atoms with E-state index in [2.05, 4.69) is 9.97 Å². The predicted octanol–water partition coefficient (Wildman–Crippen LogP) is 4.23. The van der Waals surface area contributed by atoms with Gasteiger partial charge in [0.25, 0.3) is 5.91 Å². The third-order valence-electron chi connectivity index (χ3n) is 5.94. The highest BCUT2D eigenvalue weighted by atomic mass is 19.1. The fourth-order valence-corrected chi connectivity index (χ4v) is 4.52. The number of anilines is 1. The molecule has 1 aromatic heterocycles. The van der Waals surface area contributed by atoms with E-state index in [0.717, 1.165) is 59.6 Å². The van der Waals surface area contributed by atoms with E-state index in [1.165, 1.54) is 12.1 Å². The van der Waals surface area contributed by atoms with Crippen LogP contribution >= 0.6 is 0 Å². The monoisotopic (exact) mass is 391 g/mol. The number of hydrogen-bond acceptors (Lipinski definition) is 3. The summed E-state index contributed by atoms with van der Waals surface area (Å²) in [5.74, 6) is 0.449. The van der Waals surface area contributed by atoms with E-state index in [-0.39, 0.29) is 17.6 Å². The number of methoxy groups -OCH3 is 1. The zero-order valence-corrected chi connectivity index (χ0v) is 16.2. The Morgan fingerprint density at radius 1 is 1.17 bits per heavy atom. The van der Waals surface area contributed by atoms with Gasteiger partial charge in [-0.1, -0.05) is 18.2 Å². The fraction of sp³-hybridized carbons (Fsp3) is 0.304. The Kier molecular flexibility index (Phi) is 4.34. The molecule has 29 heavy (non-hydrogen) atoms. The molecular formula is C23H22FN3O2. The van der Waals surface area contributed by atoms with Crippen molar-refractivity contribution in [1.29, 1.82) is 0 Å². The third kappa shape index (κ3) is 2.99. The summed E-state index contributed by atoms with van der Waals surface area (Å²) in [6.45, 7) is 0.420. The summed E-state index contributed by atoms with van der Waals surface area (Å²) in [5.41, 5.74) is 4.52. The second kappa shape index (κ2) is 7.03. The average molecular weight is 391 g/mol. The minimum atomic E-state index is -0.314. The van der Waals surface area contributed by atoms with Gasteiger partial charge in [-0.2, -0.15) is 0 Å². The SMILES string of the molecule is COc1ccccc1C1CN(C(=O)c2nc3c([nH]2)CCCC3)c2ccc(F)cc21. The Hall–Kier alpha value is -3.15. The van der Waals surface area contributed by atoms with Gasteiger partial charge in [0.15, 0.2) is 5.82 Å². The molecule has 1 unspecified atom stereocenters. The number of para-hydroxylation sites is 1. The summed E-state index contributed by atoms with van der Waals surface area (Å²) in [7, 11) is 1.62. The lowest BCUT2D eigenvalue weighted by Gasteiger charge is -2.17. The molecule has 2 aliphatic rings. The molecule has 0 fully saturated rings. The van der Waals surface area contributed by atoms with Crippen molar-refractivity contribution in [3.8, 4) is 5.75 Å². The molecule has 0 bridgehead atoms. The molecule has 2 heterocycles. The zero-order valence-electron chi connectivity index (χ0n) is 16.2. The van der Waals surface area contributed by atoms with Gasteiger partial charge in [0.2, 0.25) is 0 Å². The standard InChI is InChI=1S/C23H22FN3O2/c1-29-21-9-5-2-6-15(21)17-13-27(20-11-10-14(24)12-16(17)20)23(28)22-25-18-7-3-4-8-19(18)26-22/h2,5-6,9-12,17H,3-4,7-8,13H2,1H3,(H,25,26). The van der Waals surface area contributed by atoms with Crippen molar-refractivity contribution in [1.82, 2.24) is 9.97 Å². The minimum absolute atomic E-state index is 0.162. The molecule has 5 nitrogen and oxygen atoms in total. The summed E-state index contributed by atoms with van der Waals surface area (Å²) in [5, 5.41) is 0. The van der Waals surface area contributed by atoms with Gasteiger partial charge in [-0.15, -0.1) is 0 Å². The highest BCUT2D eigenvalue weighted by Crippen LogP contribution is 2.43. The van der Waals surface area contributed by atoms with Crippen LogP contribution in [0, 0.1) is 5.82 Å². The molecular weight excluding hydrogens is 369 g/mol. The fourth-order valence-electron chi connectivity index (χ4n) is 4.52. The highest BCUT2D eigenvalue weighted by Gasteiger charge is 2.36. The number of H-pyrrole nitrogens is 1. The number of carbonyl (C=O) groups is 1. The van der Waals surface area contributed by atoms with Crippen molar-refractivity contribution < 1.29 is 13.9 Å². The number of rotatable bonds is 3. The highest BCUT2D eigenvalue weighted by molar-refractivity contribution is 6.05. The number of carbonyl (C=O) groups excluding carboxylic acids is 1. The Morgan fingerprint density at radius 2 is 2.00 bits per heavy atom. The van der Waals surface area contributed by atoms with Crippen LogP contribution in [0.1, 0.15) is 51.9 Å². The Labute approximate surface area is 168 Å². The van der Waals surface area contributed by atoms with Gasteiger partial charge >= 0.3 is 0 Å². The number of halogens is 1. The lowest BCUT2D eigenvalue weighted by Crippen LogP contribution is -2.31. The molecule has 0 saturated carbocycles. The second-order valence-corrected chi connectivity index (χ2v) is 7.63. The summed E-state index contributed by atoms with van der Waals surface area (Å²) < 4.78 is 19.6. The molecule has 5 rings (SSSR count). The van der Waals surface area contributed by atoms with E-state index in [0.29, 0.717) is 12.4 Å². The molecule has 2 aromatic carbocycles. The minimum Gasteiger partial charge on any atom is -0.496 e. The maximum atomic E-state index is 14.1. The predicted molar refractivity (Wildman–Crippen MR) is 108 cm³/mol. The summed E-state index contributed by atoms with van der Waals surface area (Å²) in [6, 6.07) is 12.3. The molecule has 6 heteroatoms. The Morgan fingerprint density at radius 3 is 2.83 bits per heavy atom. The van der Waals surface area contributed by atoms with E-state index in [1.807, 2.05) is 24.3 Å². The Balaban J connectivity index is 1.55. The third-order valence-corrected chi connectivity index (χ3v) is 5.94. The topological polar surface area (TPSA) is 58.2 Å². The molecule has 1 atom stereocenters. The number of ether oxygens (including phenoxy) is 1. The molecule has 1 aliphatic heterocycles. The summed E-state index contributed by atoms with van der Waals surface area (Å²) >= 11 is 0. The van der Waals surface area contributed by atoms with Crippen LogP contribution in [0.15, 0.2) is 42.5 Å². The molecule has 3 aromatic rings. The van der Waals surface area contributed by atoms with Crippen LogP contribution < -0.4 is 9.64 Å². The second-order valence-electron chi connectivity index (χ2n) is 7.63. The van der Waals surface area contributed by atoms with Crippen molar-refractivity contribution in [3.63, 3.8) is 0 Å². The van der Waals surface area contributed by atoms with Gasteiger partial charge in [-0.3, -0.25) is 4.79 Å². The quantitative estimate of drug-likeness (QED) is 0.727. The van der Waals surface area contributed by atoms with Gasteiger partial charge in [0, 0.05) is 29.4 Å². The number of benzene rings is 2. The zero-order chi connectivity index (χ0) is 20.0. The molecule has 1 aliphatic carbocycles. The molecule has 0 spiro atoms. The van der Waals surface area contributed by atoms with Crippen LogP contribution in [0.3, 0.4) is 0 Å². The van der Waals surface area contributed by atoms with E-state index < -0.39 is 0 Å². The number of aromatic amines is 1. The van der Waals surface area contributed by atoms with Crippen LogP contribution in [0.4, 0.5) is 10.1 Å². The van der Waals surface area contributed by atoms with Gasteiger partial charge in [-0.05, 0) is 55.5 Å². The first-order valence-electron chi connectivity index (χ1n) is 9.97. The molecule has 148 valence electrons. The smallest absolute Gasteiger partial charge is 0.294 e. The van der Waals surface area contributed by atoms with Crippen LogP contribution in [0.25, 0.3) is 0 Å². The number of nitrogens with one attached hydrogen (secondary N) is 1. The average Bonchev–Trinajstić information content (AvgIpc) is 3.34. The van der Waals surface area contributed by atoms with Gasteiger partial charge in [-0.25, -0.2) is 9.37 Å². The van der Waals surface area contributed by atoms with E-state index >= 15 is 0 Å². The maximum absolute atomic E-state index is 14.1. The molecule has 1 N–H and O–H groups in total. The number of nitrogens with zero attached hydrogens (tertiary/aromatic N) is 2. The largest absolute Gasteiger partial charge is 0.496 e. The van der Waals surface area contributed by atoms with Gasteiger partial charge < -0.3 is 14.6 Å². The normalized spacial score (nSPS) is 17.7.